The molecule has 3 atom stereocenters. The molecular formula is C14H21NO2. The van der Waals surface area contributed by atoms with Gasteiger partial charge in [-0.1, -0.05) is 12.8 Å². The van der Waals surface area contributed by atoms with Crippen molar-refractivity contribution in [2.24, 2.45) is 0 Å². The van der Waals surface area contributed by atoms with E-state index in [1.807, 2.05) is 6.07 Å². The van der Waals surface area contributed by atoms with Crippen molar-refractivity contribution in [1.29, 1.82) is 0 Å². The second kappa shape index (κ2) is 4.46. The Morgan fingerprint density at radius 2 is 1.88 bits per heavy atom. The van der Waals surface area contributed by atoms with Gasteiger partial charge in [0.05, 0.1) is 18.2 Å². The maximum Gasteiger partial charge on any atom is 0.0807 e. The molecule has 0 radical (unpaired) electrons. The van der Waals surface area contributed by atoms with Crippen molar-refractivity contribution >= 4 is 0 Å². The molecule has 17 heavy (non-hydrogen) atoms. The lowest BCUT2D eigenvalue weighted by Gasteiger charge is -2.32. The highest BCUT2D eigenvalue weighted by molar-refractivity contribution is 5.28. The number of hydrogen-bond acceptors (Lipinski definition) is 2. The van der Waals surface area contributed by atoms with Gasteiger partial charge in [0.25, 0.3) is 0 Å². The molecule has 2 aliphatic rings. The number of aromatic nitrogens is 1. The molecule has 1 fully saturated rings. The van der Waals surface area contributed by atoms with Gasteiger partial charge in [-0.25, -0.2) is 0 Å². The number of rotatable bonds is 1. The van der Waals surface area contributed by atoms with E-state index in [4.69, 9.17) is 0 Å². The minimum Gasteiger partial charge on any atom is -0.391 e. The molecule has 2 N–H and O–H groups in total. The Morgan fingerprint density at radius 1 is 1.06 bits per heavy atom. The zero-order valence-corrected chi connectivity index (χ0v) is 10.2. The lowest BCUT2D eigenvalue weighted by atomic mass is 9.91. The van der Waals surface area contributed by atoms with E-state index < -0.39 is 0 Å². The van der Waals surface area contributed by atoms with Crippen LogP contribution in [0.3, 0.4) is 0 Å². The van der Waals surface area contributed by atoms with E-state index >= 15 is 0 Å². The van der Waals surface area contributed by atoms with E-state index in [-0.39, 0.29) is 18.2 Å². The number of aliphatic hydroxyl groups excluding tert-OH is 2. The molecule has 0 amide bonds. The van der Waals surface area contributed by atoms with Crippen LogP contribution in [-0.4, -0.2) is 20.9 Å². The maximum atomic E-state index is 10.1. The van der Waals surface area contributed by atoms with Crippen LogP contribution in [0.1, 0.15) is 61.9 Å². The zero-order valence-electron chi connectivity index (χ0n) is 10.2. The molecular weight excluding hydrogens is 214 g/mol. The average Bonchev–Trinajstić information content (AvgIpc) is 2.75. The Kier molecular flexibility index (Phi) is 2.97. The molecule has 2 aliphatic carbocycles. The van der Waals surface area contributed by atoms with Crippen molar-refractivity contribution in [2.45, 2.75) is 63.2 Å². The van der Waals surface area contributed by atoms with Crippen LogP contribution in [0, 0.1) is 0 Å². The van der Waals surface area contributed by atoms with Gasteiger partial charge in [0.2, 0.25) is 0 Å². The van der Waals surface area contributed by atoms with Crippen LogP contribution in [0.15, 0.2) is 12.3 Å². The van der Waals surface area contributed by atoms with E-state index in [2.05, 4.69) is 10.8 Å². The van der Waals surface area contributed by atoms with Gasteiger partial charge in [0.15, 0.2) is 0 Å². The molecule has 3 unspecified atom stereocenters. The summed E-state index contributed by atoms with van der Waals surface area (Å²) in [5, 5.41) is 20.1. The lowest BCUT2D eigenvalue weighted by molar-refractivity contribution is 0.0731. The standard InChI is InChI=1S/C14H21NO2/c16-13-7-3-5-11-10(13)8-9-15(11)12-4-1-2-6-14(12)17/h8-9,12-14,16-17H,1-7H2. The summed E-state index contributed by atoms with van der Waals surface area (Å²) in [6, 6.07) is 2.28. The van der Waals surface area contributed by atoms with Crippen molar-refractivity contribution in [1.82, 2.24) is 4.57 Å². The highest BCUT2D eigenvalue weighted by Gasteiger charge is 2.29. The van der Waals surface area contributed by atoms with Crippen molar-refractivity contribution in [3.63, 3.8) is 0 Å². The van der Waals surface area contributed by atoms with Crippen molar-refractivity contribution in [3.05, 3.63) is 23.5 Å². The summed E-state index contributed by atoms with van der Waals surface area (Å²) in [4.78, 5) is 0. The molecule has 3 rings (SSSR count). The number of hydrogen-bond donors (Lipinski definition) is 2. The second-order valence-corrected chi connectivity index (χ2v) is 5.45. The average molecular weight is 235 g/mol. The molecule has 0 saturated heterocycles. The predicted octanol–water partition coefficient (Wildman–Crippen LogP) is 2.33. The predicted molar refractivity (Wildman–Crippen MR) is 65.8 cm³/mol. The maximum absolute atomic E-state index is 10.1. The van der Waals surface area contributed by atoms with Crippen molar-refractivity contribution in [2.75, 3.05) is 0 Å². The van der Waals surface area contributed by atoms with E-state index in [0.717, 1.165) is 44.1 Å². The Hall–Kier alpha value is -0.800. The summed E-state index contributed by atoms with van der Waals surface area (Å²) in [5.74, 6) is 0. The SMILES string of the molecule is OC1CCCc2c1ccn2C1CCCCC1O. The highest BCUT2D eigenvalue weighted by Crippen LogP contribution is 2.36. The van der Waals surface area contributed by atoms with Crippen LogP contribution >= 0.6 is 0 Å². The van der Waals surface area contributed by atoms with E-state index in [9.17, 15) is 10.2 Å². The summed E-state index contributed by atoms with van der Waals surface area (Å²) in [5.41, 5.74) is 2.35. The first-order valence-electron chi connectivity index (χ1n) is 6.83. The molecule has 3 nitrogen and oxygen atoms in total. The summed E-state index contributed by atoms with van der Waals surface area (Å²) in [7, 11) is 0. The number of aliphatic hydroxyl groups is 2. The Labute approximate surface area is 102 Å². The van der Waals surface area contributed by atoms with Gasteiger partial charge < -0.3 is 14.8 Å². The summed E-state index contributed by atoms with van der Waals surface area (Å²) >= 11 is 0. The molecule has 1 heterocycles. The molecule has 1 aromatic heterocycles. The van der Waals surface area contributed by atoms with Crippen LogP contribution in [0.25, 0.3) is 0 Å². The Balaban J connectivity index is 1.92. The van der Waals surface area contributed by atoms with Crippen LogP contribution in [0.2, 0.25) is 0 Å². The highest BCUT2D eigenvalue weighted by atomic mass is 16.3. The zero-order chi connectivity index (χ0) is 11.8. The molecule has 3 heteroatoms. The Morgan fingerprint density at radius 3 is 2.71 bits per heavy atom. The summed E-state index contributed by atoms with van der Waals surface area (Å²) < 4.78 is 2.24. The van der Waals surface area contributed by atoms with Crippen LogP contribution in [0.4, 0.5) is 0 Å². The van der Waals surface area contributed by atoms with E-state index in [1.54, 1.807) is 0 Å². The fourth-order valence-corrected chi connectivity index (χ4v) is 3.42. The third-order valence-electron chi connectivity index (χ3n) is 4.36. The largest absolute Gasteiger partial charge is 0.391 e. The first-order chi connectivity index (χ1) is 8.27. The van der Waals surface area contributed by atoms with Gasteiger partial charge in [0.1, 0.15) is 0 Å². The van der Waals surface area contributed by atoms with Gasteiger partial charge >= 0.3 is 0 Å². The fraction of sp³-hybridized carbons (Fsp3) is 0.714. The van der Waals surface area contributed by atoms with Crippen molar-refractivity contribution in [3.8, 4) is 0 Å². The van der Waals surface area contributed by atoms with Crippen molar-refractivity contribution < 1.29 is 10.2 Å². The van der Waals surface area contributed by atoms with Gasteiger partial charge in [-0.05, 0) is 38.2 Å². The Bertz CT molecular complexity index is 399. The fourth-order valence-electron chi connectivity index (χ4n) is 3.42. The van der Waals surface area contributed by atoms with Crippen LogP contribution in [0.5, 0.6) is 0 Å². The monoisotopic (exact) mass is 235 g/mol. The van der Waals surface area contributed by atoms with Gasteiger partial charge in [-0.15, -0.1) is 0 Å². The third kappa shape index (κ3) is 1.91. The smallest absolute Gasteiger partial charge is 0.0807 e. The van der Waals surface area contributed by atoms with E-state index in [0.29, 0.717) is 0 Å². The van der Waals surface area contributed by atoms with Crippen LogP contribution < -0.4 is 0 Å². The molecule has 1 saturated carbocycles. The van der Waals surface area contributed by atoms with E-state index in [1.165, 1.54) is 12.1 Å². The lowest BCUT2D eigenvalue weighted by Crippen LogP contribution is -2.29. The molecule has 1 aromatic rings. The first-order valence-corrected chi connectivity index (χ1v) is 6.83. The summed E-state index contributed by atoms with van der Waals surface area (Å²) in [6.07, 6.45) is 8.88. The topological polar surface area (TPSA) is 45.4 Å². The molecule has 0 spiro atoms. The third-order valence-corrected chi connectivity index (χ3v) is 4.36. The molecule has 94 valence electrons. The molecule has 0 aromatic carbocycles. The van der Waals surface area contributed by atoms with Crippen LogP contribution in [-0.2, 0) is 6.42 Å². The molecule has 0 aliphatic heterocycles. The van der Waals surface area contributed by atoms with Gasteiger partial charge in [-0.2, -0.15) is 0 Å². The first kappa shape index (κ1) is 11.3. The minimum atomic E-state index is -0.291. The van der Waals surface area contributed by atoms with Gasteiger partial charge in [0, 0.05) is 17.5 Å². The quantitative estimate of drug-likeness (QED) is 0.784. The second-order valence-electron chi connectivity index (χ2n) is 5.45. The number of fused-ring (bicyclic) bond motifs is 1. The normalized spacial score (nSPS) is 33.4. The van der Waals surface area contributed by atoms with Gasteiger partial charge in [-0.3, -0.25) is 0 Å². The minimum absolute atomic E-state index is 0.209. The molecule has 0 bridgehead atoms. The number of nitrogens with zero attached hydrogens (tertiary/aromatic N) is 1. The summed E-state index contributed by atoms with van der Waals surface area (Å²) in [6.45, 7) is 0.